The fourth-order valence-corrected chi connectivity index (χ4v) is 1.70. The second kappa shape index (κ2) is 3.23. The van der Waals surface area contributed by atoms with Crippen LogP contribution >= 0.6 is 0 Å². The van der Waals surface area contributed by atoms with E-state index < -0.39 is 0 Å². The highest BCUT2D eigenvalue weighted by Crippen LogP contribution is 2.17. The number of nitrogens with zero attached hydrogens (tertiary/aromatic N) is 3. The molecule has 0 atom stereocenters. The van der Waals surface area contributed by atoms with Crippen molar-refractivity contribution in [1.82, 2.24) is 0 Å². The van der Waals surface area contributed by atoms with E-state index in [0.29, 0.717) is 0 Å². The van der Waals surface area contributed by atoms with Gasteiger partial charge in [0, 0.05) is 13.1 Å². The van der Waals surface area contributed by atoms with Gasteiger partial charge in [-0.1, -0.05) is 0 Å². The van der Waals surface area contributed by atoms with Crippen LogP contribution in [-0.4, -0.2) is 13.1 Å². The molecule has 15 heavy (non-hydrogen) atoms. The molecule has 0 radical (unpaired) electrons. The van der Waals surface area contributed by atoms with E-state index in [1.165, 1.54) is 0 Å². The Morgan fingerprint density at radius 1 is 1.20 bits per heavy atom. The first-order chi connectivity index (χ1) is 7.45. The molecule has 0 bridgehead atoms. The Bertz CT molecular complexity index is 536. The Morgan fingerprint density at radius 2 is 2.13 bits per heavy atom. The highest BCUT2D eigenvalue weighted by Gasteiger charge is 2.10. The topological polar surface area (TPSA) is 70.4 Å². The van der Waals surface area contributed by atoms with Gasteiger partial charge in [0.15, 0.2) is 0 Å². The van der Waals surface area contributed by atoms with E-state index >= 15 is 0 Å². The van der Waals surface area contributed by atoms with Crippen LogP contribution in [0.5, 0.6) is 0 Å². The van der Waals surface area contributed by atoms with Gasteiger partial charge in [0.25, 0.3) is 0 Å². The zero-order valence-electron chi connectivity index (χ0n) is 7.90. The van der Waals surface area contributed by atoms with E-state index in [1.54, 1.807) is 6.26 Å². The molecule has 76 valence electrons. The standard InChI is InChI=1S/C9H9N5O/c1-2-8-9(11-4-3-10-8)6-5-15-14-13-12-7(1)6/h1-2,5,10-11H,3-4H2. The molecule has 0 saturated carbocycles. The van der Waals surface area contributed by atoms with Crippen molar-refractivity contribution in [1.29, 1.82) is 0 Å². The third-order valence-corrected chi connectivity index (χ3v) is 2.37. The van der Waals surface area contributed by atoms with E-state index in [-0.39, 0.29) is 0 Å². The quantitative estimate of drug-likeness (QED) is 0.632. The van der Waals surface area contributed by atoms with E-state index in [0.717, 1.165) is 35.0 Å². The number of rotatable bonds is 0. The van der Waals surface area contributed by atoms with Gasteiger partial charge in [-0.3, -0.25) is 0 Å². The van der Waals surface area contributed by atoms with E-state index in [2.05, 4.69) is 26.2 Å². The molecule has 2 N–H and O–H groups in total. The maximum Gasteiger partial charge on any atom is 0.135 e. The van der Waals surface area contributed by atoms with Crippen LogP contribution in [-0.2, 0) is 4.84 Å². The van der Waals surface area contributed by atoms with Crippen LogP contribution in [0.3, 0.4) is 0 Å². The summed E-state index contributed by atoms with van der Waals surface area (Å²) in [4.78, 5) is 4.86. The van der Waals surface area contributed by atoms with Crippen LogP contribution in [0.1, 0.15) is 0 Å². The minimum absolute atomic E-state index is 0.756. The van der Waals surface area contributed by atoms with Crippen molar-refractivity contribution >= 4 is 17.6 Å². The molecule has 1 aromatic rings. The Balaban J connectivity index is 2.32. The summed E-state index contributed by atoms with van der Waals surface area (Å²) >= 11 is 0. The predicted octanol–water partition coefficient (Wildman–Crippen LogP) is 0.194. The fraction of sp³-hybridized carbons (Fsp3) is 0.222. The van der Waals surface area contributed by atoms with Crippen LogP contribution in [0.25, 0.3) is 6.26 Å². The molecule has 0 aromatic heterocycles. The molecule has 0 fully saturated rings. The van der Waals surface area contributed by atoms with E-state index in [9.17, 15) is 0 Å². The molecule has 2 aliphatic rings. The van der Waals surface area contributed by atoms with Gasteiger partial charge >= 0.3 is 0 Å². The fourth-order valence-electron chi connectivity index (χ4n) is 1.70. The van der Waals surface area contributed by atoms with Crippen LogP contribution in [0, 0.1) is 0 Å². The minimum atomic E-state index is 0.756. The van der Waals surface area contributed by atoms with Gasteiger partial charge in [0.05, 0.1) is 21.9 Å². The van der Waals surface area contributed by atoms with Gasteiger partial charge in [-0.2, -0.15) is 0 Å². The first-order valence-electron chi connectivity index (χ1n) is 4.70. The predicted molar refractivity (Wildman–Crippen MR) is 54.6 cm³/mol. The van der Waals surface area contributed by atoms with Crippen molar-refractivity contribution in [2.45, 2.75) is 0 Å². The molecule has 3 rings (SSSR count). The monoisotopic (exact) mass is 203 g/mol. The number of nitrogens with one attached hydrogen (secondary N) is 2. The van der Waals surface area contributed by atoms with Crippen molar-refractivity contribution < 1.29 is 4.84 Å². The summed E-state index contributed by atoms with van der Waals surface area (Å²) in [5.74, 6) is 0. The lowest BCUT2D eigenvalue weighted by molar-refractivity contribution is 0.283. The van der Waals surface area contributed by atoms with Crippen LogP contribution in [0.2, 0.25) is 0 Å². The number of hydrogen-bond donors (Lipinski definition) is 2. The first kappa shape index (κ1) is 8.22. The third-order valence-electron chi connectivity index (χ3n) is 2.37. The largest absolute Gasteiger partial charge is 0.382 e. The van der Waals surface area contributed by atoms with Gasteiger partial charge in [0.1, 0.15) is 11.6 Å². The Hall–Kier alpha value is -2.11. The molecule has 2 heterocycles. The summed E-state index contributed by atoms with van der Waals surface area (Å²) in [5.41, 5.74) is 2.05. The van der Waals surface area contributed by atoms with Gasteiger partial charge in [-0.15, -0.1) is 5.10 Å². The summed E-state index contributed by atoms with van der Waals surface area (Å²) in [6.45, 7) is 1.80. The molecular weight excluding hydrogens is 194 g/mol. The minimum Gasteiger partial charge on any atom is -0.382 e. The number of benzene rings is 1. The van der Waals surface area contributed by atoms with Gasteiger partial charge < -0.3 is 15.5 Å². The van der Waals surface area contributed by atoms with Crippen molar-refractivity contribution in [3.8, 4) is 0 Å². The Morgan fingerprint density at radius 3 is 3.13 bits per heavy atom. The summed E-state index contributed by atoms with van der Waals surface area (Å²) in [6, 6.07) is 3.86. The van der Waals surface area contributed by atoms with Crippen molar-refractivity contribution in [2.75, 3.05) is 23.7 Å². The van der Waals surface area contributed by atoms with Gasteiger partial charge in [0.2, 0.25) is 0 Å². The van der Waals surface area contributed by atoms with Gasteiger partial charge in [-0.05, 0) is 17.4 Å². The molecule has 0 aliphatic carbocycles. The molecule has 0 spiro atoms. The average molecular weight is 203 g/mol. The molecule has 1 aromatic carbocycles. The maximum absolute atomic E-state index is 4.86. The highest BCUT2D eigenvalue weighted by molar-refractivity contribution is 5.71. The van der Waals surface area contributed by atoms with Gasteiger partial charge in [-0.25, -0.2) is 0 Å². The normalized spacial score (nSPS) is 16.5. The zero-order chi connectivity index (χ0) is 10.1. The van der Waals surface area contributed by atoms with Crippen LogP contribution in [0.15, 0.2) is 27.7 Å². The summed E-state index contributed by atoms with van der Waals surface area (Å²) < 4.78 is 0. The molecule has 6 heteroatoms. The summed E-state index contributed by atoms with van der Waals surface area (Å²) in [6.07, 6.45) is 1.55. The van der Waals surface area contributed by atoms with Crippen molar-refractivity contribution in [3.05, 3.63) is 22.7 Å². The maximum atomic E-state index is 4.86. The lowest BCUT2D eigenvalue weighted by Gasteiger charge is -2.19. The lowest BCUT2D eigenvalue weighted by atomic mass is 10.2. The van der Waals surface area contributed by atoms with Crippen LogP contribution in [0.4, 0.5) is 11.4 Å². The molecule has 2 aliphatic heterocycles. The second-order valence-electron chi connectivity index (χ2n) is 3.27. The SMILES string of the molecule is C1=c2c3c(ccc2=NN=NO1)NCCN3. The molecule has 0 saturated heterocycles. The molecule has 6 nitrogen and oxygen atoms in total. The summed E-state index contributed by atoms with van der Waals surface area (Å²) in [5, 5.41) is 19.1. The Labute approximate surface area is 85.3 Å². The summed E-state index contributed by atoms with van der Waals surface area (Å²) in [7, 11) is 0. The highest BCUT2D eigenvalue weighted by atomic mass is 16.6. The smallest absolute Gasteiger partial charge is 0.135 e. The molecule has 0 unspecified atom stereocenters. The van der Waals surface area contributed by atoms with E-state index in [4.69, 9.17) is 4.84 Å². The Kier molecular flexibility index (Phi) is 1.77. The first-order valence-corrected chi connectivity index (χ1v) is 4.70. The third kappa shape index (κ3) is 1.30. The number of anilines is 2. The zero-order valence-corrected chi connectivity index (χ0v) is 7.90. The number of hydrogen-bond acceptors (Lipinski definition) is 6. The van der Waals surface area contributed by atoms with Crippen molar-refractivity contribution in [3.63, 3.8) is 0 Å². The lowest BCUT2D eigenvalue weighted by Crippen LogP contribution is -2.33. The number of fused-ring (bicyclic) bond motifs is 3. The van der Waals surface area contributed by atoms with Crippen molar-refractivity contribution in [2.24, 2.45) is 15.6 Å². The van der Waals surface area contributed by atoms with E-state index in [1.807, 2.05) is 12.1 Å². The molecular formula is C9H9N5O. The molecule has 0 amide bonds. The average Bonchev–Trinajstić information content (AvgIpc) is 2.54. The van der Waals surface area contributed by atoms with Crippen LogP contribution < -0.4 is 21.2 Å². The second-order valence-corrected chi connectivity index (χ2v) is 3.27.